The zero-order chi connectivity index (χ0) is 12.5. The van der Waals surface area contributed by atoms with E-state index in [-0.39, 0.29) is 5.91 Å². The van der Waals surface area contributed by atoms with Gasteiger partial charge in [0.1, 0.15) is 0 Å². The summed E-state index contributed by atoms with van der Waals surface area (Å²) in [6.07, 6.45) is 3.51. The zero-order valence-corrected chi connectivity index (χ0v) is 10.9. The third-order valence-electron chi connectivity index (χ3n) is 4.21. The smallest absolute Gasteiger partial charge is 0.243 e. The van der Waals surface area contributed by atoms with Gasteiger partial charge in [0.15, 0.2) is 0 Å². The minimum absolute atomic E-state index is 0.139. The zero-order valence-electron chi connectivity index (χ0n) is 10.9. The Kier molecular flexibility index (Phi) is 3.73. The molecule has 2 aliphatic heterocycles. The second kappa shape index (κ2) is 4.94. The molecule has 0 aromatic heterocycles. The molecule has 2 rings (SSSR count). The van der Waals surface area contributed by atoms with Crippen molar-refractivity contribution in [2.75, 3.05) is 19.8 Å². The lowest BCUT2D eigenvalue weighted by atomic mass is 9.86. The Hall–Kier alpha value is -0.610. The van der Waals surface area contributed by atoms with E-state index in [0.717, 1.165) is 25.3 Å². The van der Waals surface area contributed by atoms with Crippen LogP contribution in [0.1, 0.15) is 39.5 Å². The maximum absolute atomic E-state index is 12.5. The standard InChI is InChI=1S/C13H24N2O2/c1-10-3-6-15(11(2)9-10)12(16)13(14)4-7-17-8-5-13/h10-11H,3-9,14H2,1-2H3. The number of carbonyl (C=O) groups is 1. The number of rotatable bonds is 1. The van der Waals surface area contributed by atoms with E-state index in [2.05, 4.69) is 13.8 Å². The maximum Gasteiger partial charge on any atom is 0.243 e. The van der Waals surface area contributed by atoms with E-state index in [4.69, 9.17) is 10.5 Å². The molecule has 2 saturated heterocycles. The SMILES string of the molecule is CC1CCN(C(=O)C2(N)CCOCC2)C(C)C1. The third-order valence-corrected chi connectivity index (χ3v) is 4.21. The van der Waals surface area contributed by atoms with E-state index in [1.54, 1.807) is 0 Å². The van der Waals surface area contributed by atoms with Crippen LogP contribution in [0.25, 0.3) is 0 Å². The largest absolute Gasteiger partial charge is 0.381 e. The van der Waals surface area contributed by atoms with Crippen molar-refractivity contribution in [2.45, 2.75) is 51.1 Å². The second-order valence-electron chi connectivity index (χ2n) is 5.75. The summed E-state index contributed by atoms with van der Waals surface area (Å²) in [6.45, 7) is 6.48. The topological polar surface area (TPSA) is 55.6 Å². The molecule has 2 aliphatic rings. The Morgan fingerprint density at radius 3 is 2.59 bits per heavy atom. The molecule has 0 radical (unpaired) electrons. The first kappa shape index (κ1) is 12.8. The van der Waals surface area contributed by atoms with Crippen molar-refractivity contribution in [3.63, 3.8) is 0 Å². The highest BCUT2D eigenvalue weighted by atomic mass is 16.5. The van der Waals surface area contributed by atoms with Gasteiger partial charge in [0.25, 0.3) is 0 Å². The second-order valence-corrected chi connectivity index (χ2v) is 5.75. The number of nitrogens with two attached hydrogens (primary N) is 1. The van der Waals surface area contributed by atoms with Crippen molar-refractivity contribution >= 4 is 5.91 Å². The van der Waals surface area contributed by atoms with Gasteiger partial charge < -0.3 is 15.4 Å². The maximum atomic E-state index is 12.5. The Labute approximate surface area is 103 Å². The van der Waals surface area contributed by atoms with Crippen LogP contribution >= 0.6 is 0 Å². The van der Waals surface area contributed by atoms with E-state index in [1.165, 1.54) is 0 Å². The molecule has 0 spiro atoms. The first-order valence-corrected chi connectivity index (χ1v) is 6.70. The predicted molar refractivity (Wildman–Crippen MR) is 66.5 cm³/mol. The van der Waals surface area contributed by atoms with Crippen molar-refractivity contribution in [1.82, 2.24) is 4.90 Å². The molecule has 2 N–H and O–H groups in total. The number of piperidine rings is 1. The molecular formula is C13H24N2O2. The summed E-state index contributed by atoms with van der Waals surface area (Å²) >= 11 is 0. The lowest BCUT2D eigenvalue weighted by molar-refractivity contribution is -0.144. The van der Waals surface area contributed by atoms with Crippen molar-refractivity contribution in [1.29, 1.82) is 0 Å². The first-order valence-electron chi connectivity index (χ1n) is 6.70. The number of amides is 1. The number of nitrogens with zero attached hydrogens (tertiary/aromatic N) is 1. The van der Waals surface area contributed by atoms with Crippen LogP contribution in [0.5, 0.6) is 0 Å². The first-order chi connectivity index (χ1) is 8.03. The van der Waals surface area contributed by atoms with E-state index in [0.29, 0.717) is 32.1 Å². The monoisotopic (exact) mass is 240 g/mol. The molecule has 0 aromatic carbocycles. The molecule has 2 unspecified atom stereocenters. The van der Waals surface area contributed by atoms with E-state index in [9.17, 15) is 4.79 Å². The molecule has 2 heterocycles. The average molecular weight is 240 g/mol. The van der Waals surface area contributed by atoms with E-state index >= 15 is 0 Å². The van der Waals surface area contributed by atoms with Crippen LogP contribution in [0.2, 0.25) is 0 Å². The molecule has 2 atom stereocenters. The quantitative estimate of drug-likeness (QED) is 0.748. The highest BCUT2D eigenvalue weighted by molar-refractivity contribution is 5.86. The van der Waals surface area contributed by atoms with Gasteiger partial charge in [-0.3, -0.25) is 4.79 Å². The highest BCUT2D eigenvalue weighted by Crippen LogP contribution is 2.27. The van der Waals surface area contributed by atoms with E-state index < -0.39 is 5.54 Å². The molecule has 4 heteroatoms. The fourth-order valence-electron chi connectivity index (χ4n) is 2.94. The Balaban J connectivity index is 2.03. The summed E-state index contributed by atoms with van der Waals surface area (Å²) in [4.78, 5) is 14.5. The number of ether oxygens (including phenoxy) is 1. The van der Waals surface area contributed by atoms with Crippen LogP contribution in [0, 0.1) is 5.92 Å². The molecule has 2 fully saturated rings. The van der Waals surface area contributed by atoms with Crippen LogP contribution in [-0.2, 0) is 9.53 Å². The van der Waals surface area contributed by atoms with Gasteiger partial charge in [0, 0.05) is 25.8 Å². The van der Waals surface area contributed by atoms with Crippen LogP contribution in [-0.4, -0.2) is 42.1 Å². The molecule has 0 aromatic rings. The normalized spacial score (nSPS) is 33.5. The van der Waals surface area contributed by atoms with Gasteiger partial charge >= 0.3 is 0 Å². The minimum atomic E-state index is -0.674. The lowest BCUT2D eigenvalue weighted by Crippen LogP contribution is -2.60. The summed E-state index contributed by atoms with van der Waals surface area (Å²) in [6, 6.07) is 0.328. The van der Waals surface area contributed by atoms with Crippen LogP contribution in [0.3, 0.4) is 0 Å². The summed E-state index contributed by atoms with van der Waals surface area (Å²) in [5, 5.41) is 0. The van der Waals surface area contributed by atoms with Gasteiger partial charge in [-0.05, 0) is 38.5 Å². The molecule has 98 valence electrons. The fourth-order valence-corrected chi connectivity index (χ4v) is 2.94. The number of carbonyl (C=O) groups excluding carboxylic acids is 1. The van der Waals surface area contributed by atoms with Gasteiger partial charge in [-0.2, -0.15) is 0 Å². The molecular weight excluding hydrogens is 216 g/mol. The summed E-state index contributed by atoms with van der Waals surface area (Å²) in [7, 11) is 0. The molecule has 0 bridgehead atoms. The molecule has 17 heavy (non-hydrogen) atoms. The lowest BCUT2D eigenvalue weighted by Gasteiger charge is -2.42. The van der Waals surface area contributed by atoms with Gasteiger partial charge in [-0.1, -0.05) is 6.92 Å². The Morgan fingerprint density at radius 1 is 1.35 bits per heavy atom. The molecule has 0 aliphatic carbocycles. The predicted octanol–water partition coefficient (Wildman–Crippen LogP) is 1.14. The van der Waals surface area contributed by atoms with Gasteiger partial charge in [-0.25, -0.2) is 0 Å². The Morgan fingerprint density at radius 2 is 2.00 bits per heavy atom. The van der Waals surface area contributed by atoms with Crippen molar-refractivity contribution in [2.24, 2.45) is 11.7 Å². The number of likely N-dealkylation sites (tertiary alicyclic amines) is 1. The van der Waals surface area contributed by atoms with Crippen LogP contribution in [0.4, 0.5) is 0 Å². The van der Waals surface area contributed by atoms with Gasteiger partial charge in [0.05, 0.1) is 5.54 Å². The summed E-state index contributed by atoms with van der Waals surface area (Å²) in [5.41, 5.74) is 5.59. The molecule has 1 amide bonds. The Bertz CT molecular complexity index is 287. The summed E-state index contributed by atoms with van der Waals surface area (Å²) in [5.74, 6) is 0.859. The minimum Gasteiger partial charge on any atom is -0.381 e. The van der Waals surface area contributed by atoms with Crippen molar-refractivity contribution < 1.29 is 9.53 Å². The molecule has 0 saturated carbocycles. The van der Waals surface area contributed by atoms with Crippen molar-refractivity contribution in [3.05, 3.63) is 0 Å². The van der Waals surface area contributed by atoms with Gasteiger partial charge in [-0.15, -0.1) is 0 Å². The number of hydrogen-bond acceptors (Lipinski definition) is 3. The van der Waals surface area contributed by atoms with Crippen LogP contribution < -0.4 is 5.73 Å². The summed E-state index contributed by atoms with van der Waals surface area (Å²) < 4.78 is 5.30. The third kappa shape index (κ3) is 2.63. The van der Waals surface area contributed by atoms with Crippen LogP contribution in [0.15, 0.2) is 0 Å². The average Bonchev–Trinajstić information content (AvgIpc) is 2.29. The fraction of sp³-hybridized carbons (Fsp3) is 0.923. The van der Waals surface area contributed by atoms with E-state index in [1.807, 2.05) is 4.90 Å². The number of hydrogen-bond donors (Lipinski definition) is 1. The van der Waals surface area contributed by atoms with Gasteiger partial charge in [0.2, 0.25) is 5.91 Å². The highest BCUT2D eigenvalue weighted by Gasteiger charge is 2.41. The van der Waals surface area contributed by atoms with Crippen molar-refractivity contribution in [3.8, 4) is 0 Å². The molecule has 4 nitrogen and oxygen atoms in total.